The lowest BCUT2D eigenvalue weighted by Gasteiger charge is -2.07. The fourth-order valence-electron chi connectivity index (χ4n) is 1.66. The first kappa shape index (κ1) is 16.9. The fraction of sp³-hybridized carbons (Fsp3) is 0.500. The molecule has 0 aliphatic rings. The standard InChI is InChI=1S/C14H22N2O.ClH/c1-11-4-3-5-13(10-11)8-9-16-14(17)7-6-12(2)15;/h3-5,10,12H,6-9,15H2,1-2H3,(H,16,17);1H. The lowest BCUT2D eigenvalue weighted by molar-refractivity contribution is -0.121. The van der Waals surface area contributed by atoms with Gasteiger partial charge in [-0.25, -0.2) is 0 Å². The Morgan fingerprint density at radius 2 is 2.17 bits per heavy atom. The van der Waals surface area contributed by atoms with Crippen molar-refractivity contribution in [3.8, 4) is 0 Å². The first-order valence-electron chi connectivity index (χ1n) is 6.16. The zero-order chi connectivity index (χ0) is 12.7. The molecule has 1 amide bonds. The largest absolute Gasteiger partial charge is 0.356 e. The van der Waals surface area contributed by atoms with E-state index in [2.05, 4.69) is 30.4 Å². The van der Waals surface area contributed by atoms with Crippen LogP contribution in [0.5, 0.6) is 0 Å². The van der Waals surface area contributed by atoms with E-state index in [4.69, 9.17) is 5.73 Å². The van der Waals surface area contributed by atoms with Gasteiger partial charge in [0.05, 0.1) is 0 Å². The van der Waals surface area contributed by atoms with Gasteiger partial charge >= 0.3 is 0 Å². The van der Waals surface area contributed by atoms with Crippen LogP contribution in [0.25, 0.3) is 0 Å². The Labute approximate surface area is 116 Å². The predicted molar refractivity (Wildman–Crippen MR) is 78.0 cm³/mol. The molecule has 18 heavy (non-hydrogen) atoms. The molecule has 0 radical (unpaired) electrons. The van der Waals surface area contributed by atoms with Crippen LogP contribution < -0.4 is 11.1 Å². The number of halogens is 1. The zero-order valence-corrected chi connectivity index (χ0v) is 11.9. The Bertz CT molecular complexity index is 367. The molecular weight excluding hydrogens is 248 g/mol. The normalized spacial score (nSPS) is 11.5. The van der Waals surface area contributed by atoms with E-state index in [1.807, 2.05) is 13.0 Å². The van der Waals surface area contributed by atoms with Gasteiger partial charge < -0.3 is 11.1 Å². The summed E-state index contributed by atoms with van der Waals surface area (Å²) in [6, 6.07) is 8.44. The number of nitrogens with two attached hydrogens (primary N) is 1. The van der Waals surface area contributed by atoms with E-state index in [-0.39, 0.29) is 24.4 Å². The van der Waals surface area contributed by atoms with Crippen LogP contribution in [-0.2, 0) is 11.2 Å². The summed E-state index contributed by atoms with van der Waals surface area (Å²) in [5.41, 5.74) is 8.11. The Morgan fingerprint density at radius 1 is 1.44 bits per heavy atom. The third kappa shape index (κ3) is 7.30. The van der Waals surface area contributed by atoms with Gasteiger partial charge in [0, 0.05) is 19.0 Å². The molecule has 1 rings (SSSR count). The molecule has 102 valence electrons. The van der Waals surface area contributed by atoms with Crippen LogP contribution in [0, 0.1) is 6.92 Å². The maximum Gasteiger partial charge on any atom is 0.220 e. The minimum Gasteiger partial charge on any atom is -0.356 e. The lowest BCUT2D eigenvalue weighted by Crippen LogP contribution is -2.27. The highest BCUT2D eigenvalue weighted by Gasteiger charge is 2.02. The molecule has 1 aromatic rings. The number of hydrogen-bond acceptors (Lipinski definition) is 2. The molecule has 0 fully saturated rings. The molecule has 0 aliphatic carbocycles. The molecule has 0 bridgehead atoms. The molecule has 0 saturated carbocycles. The SMILES string of the molecule is Cc1cccc(CCNC(=O)CCC(C)N)c1.Cl. The van der Waals surface area contributed by atoms with Crippen molar-refractivity contribution in [2.24, 2.45) is 5.73 Å². The van der Waals surface area contributed by atoms with Crippen molar-refractivity contribution in [3.05, 3.63) is 35.4 Å². The Morgan fingerprint density at radius 3 is 2.78 bits per heavy atom. The number of nitrogens with one attached hydrogen (secondary N) is 1. The quantitative estimate of drug-likeness (QED) is 0.833. The van der Waals surface area contributed by atoms with E-state index in [9.17, 15) is 4.79 Å². The average molecular weight is 271 g/mol. The summed E-state index contributed by atoms with van der Waals surface area (Å²) in [4.78, 5) is 11.4. The zero-order valence-electron chi connectivity index (χ0n) is 11.1. The molecule has 1 atom stereocenters. The van der Waals surface area contributed by atoms with Crippen LogP contribution in [0.15, 0.2) is 24.3 Å². The van der Waals surface area contributed by atoms with Gasteiger partial charge in [-0.2, -0.15) is 0 Å². The summed E-state index contributed by atoms with van der Waals surface area (Å²) in [7, 11) is 0. The van der Waals surface area contributed by atoms with Crippen molar-refractivity contribution in [2.75, 3.05) is 6.54 Å². The first-order chi connectivity index (χ1) is 8.08. The number of benzene rings is 1. The van der Waals surface area contributed by atoms with Crippen molar-refractivity contribution in [1.29, 1.82) is 0 Å². The van der Waals surface area contributed by atoms with E-state index in [0.717, 1.165) is 12.8 Å². The van der Waals surface area contributed by atoms with Crippen LogP contribution in [0.1, 0.15) is 30.9 Å². The van der Waals surface area contributed by atoms with E-state index in [1.165, 1.54) is 11.1 Å². The van der Waals surface area contributed by atoms with Gasteiger partial charge in [0.2, 0.25) is 5.91 Å². The Balaban J connectivity index is 0.00000289. The number of aryl methyl sites for hydroxylation is 1. The molecule has 0 spiro atoms. The highest BCUT2D eigenvalue weighted by atomic mass is 35.5. The van der Waals surface area contributed by atoms with E-state index in [1.54, 1.807) is 0 Å². The number of rotatable bonds is 6. The molecule has 3 nitrogen and oxygen atoms in total. The lowest BCUT2D eigenvalue weighted by atomic mass is 10.1. The summed E-state index contributed by atoms with van der Waals surface area (Å²) in [6.45, 7) is 4.69. The second kappa shape index (κ2) is 8.95. The van der Waals surface area contributed by atoms with Gasteiger partial charge in [-0.15, -0.1) is 12.4 Å². The van der Waals surface area contributed by atoms with E-state index >= 15 is 0 Å². The Hall–Kier alpha value is -1.06. The number of carbonyl (C=O) groups excluding carboxylic acids is 1. The van der Waals surface area contributed by atoms with Gasteiger partial charge in [-0.3, -0.25) is 4.79 Å². The number of carbonyl (C=O) groups is 1. The van der Waals surface area contributed by atoms with Crippen LogP contribution in [0.2, 0.25) is 0 Å². The van der Waals surface area contributed by atoms with Crippen molar-refractivity contribution in [3.63, 3.8) is 0 Å². The van der Waals surface area contributed by atoms with E-state index < -0.39 is 0 Å². The minimum atomic E-state index is 0. The summed E-state index contributed by atoms with van der Waals surface area (Å²) in [5.74, 6) is 0.0925. The maximum atomic E-state index is 11.4. The smallest absolute Gasteiger partial charge is 0.220 e. The summed E-state index contributed by atoms with van der Waals surface area (Å²) in [6.07, 6.45) is 2.15. The summed E-state index contributed by atoms with van der Waals surface area (Å²) in [5, 5.41) is 2.91. The highest BCUT2D eigenvalue weighted by Crippen LogP contribution is 2.04. The maximum absolute atomic E-state index is 11.4. The summed E-state index contributed by atoms with van der Waals surface area (Å²) >= 11 is 0. The van der Waals surface area contributed by atoms with Crippen LogP contribution in [-0.4, -0.2) is 18.5 Å². The topological polar surface area (TPSA) is 55.1 Å². The molecule has 0 aromatic heterocycles. The third-order valence-electron chi connectivity index (χ3n) is 2.65. The van der Waals surface area contributed by atoms with Gasteiger partial charge in [-0.1, -0.05) is 29.8 Å². The minimum absolute atomic E-state index is 0. The second-order valence-electron chi connectivity index (χ2n) is 4.60. The second-order valence-corrected chi connectivity index (χ2v) is 4.60. The van der Waals surface area contributed by atoms with Crippen molar-refractivity contribution < 1.29 is 4.79 Å². The van der Waals surface area contributed by atoms with Gasteiger partial charge in [-0.05, 0) is 32.3 Å². The molecule has 1 unspecified atom stereocenters. The van der Waals surface area contributed by atoms with Crippen LogP contribution in [0.3, 0.4) is 0 Å². The predicted octanol–water partition coefficient (Wildman–Crippen LogP) is 2.20. The number of hydrogen-bond donors (Lipinski definition) is 2. The van der Waals surface area contributed by atoms with Crippen LogP contribution in [0.4, 0.5) is 0 Å². The van der Waals surface area contributed by atoms with Gasteiger partial charge in [0.1, 0.15) is 0 Å². The Kier molecular flexibility index (Phi) is 8.42. The highest BCUT2D eigenvalue weighted by molar-refractivity contribution is 5.85. The molecule has 3 N–H and O–H groups in total. The number of amides is 1. The van der Waals surface area contributed by atoms with Crippen molar-refractivity contribution >= 4 is 18.3 Å². The third-order valence-corrected chi connectivity index (χ3v) is 2.65. The first-order valence-corrected chi connectivity index (χ1v) is 6.16. The molecule has 0 heterocycles. The molecule has 0 saturated heterocycles. The molecule has 0 aliphatic heterocycles. The van der Waals surface area contributed by atoms with Gasteiger partial charge in [0.25, 0.3) is 0 Å². The monoisotopic (exact) mass is 270 g/mol. The average Bonchev–Trinajstić information content (AvgIpc) is 2.26. The molecule has 1 aromatic carbocycles. The molecular formula is C14H23ClN2O. The van der Waals surface area contributed by atoms with Gasteiger partial charge in [0.15, 0.2) is 0 Å². The van der Waals surface area contributed by atoms with E-state index in [0.29, 0.717) is 13.0 Å². The summed E-state index contributed by atoms with van der Waals surface area (Å²) < 4.78 is 0. The van der Waals surface area contributed by atoms with Crippen LogP contribution >= 0.6 is 12.4 Å². The fourth-order valence-corrected chi connectivity index (χ4v) is 1.66. The van der Waals surface area contributed by atoms with Crippen molar-refractivity contribution in [1.82, 2.24) is 5.32 Å². The van der Waals surface area contributed by atoms with Crippen molar-refractivity contribution in [2.45, 2.75) is 39.2 Å². The molecule has 4 heteroatoms.